The lowest BCUT2D eigenvalue weighted by molar-refractivity contribution is 0.637. The van der Waals surface area contributed by atoms with Crippen LogP contribution in [-0.4, -0.2) is 3.92 Å². The van der Waals surface area contributed by atoms with E-state index < -0.39 is 0 Å². The molecule has 0 aromatic rings. The van der Waals surface area contributed by atoms with Gasteiger partial charge in [-0.05, 0) is 6.42 Å². The van der Waals surface area contributed by atoms with Gasteiger partial charge in [0.25, 0.3) is 0 Å². The predicted molar refractivity (Wildman–Crippen MR) is 52.2 cm³/mol. The van der Waals surface area contributed by atoms with Crippen LogP contribution in [0.25, 0.3) is 0 Å². The van der Waals surface area contributed by atoms with Gasteiger partial charge in [0.1, 0.15) is 0 Å². The third kappa shape index (κ3) is 8.73. The lowest BCUT2D eigenvalue weighted by Gasteiger charge is -2.00. The average Bonchev–Trinajstić information content (AvgIpc) is 1.80. The quantitative estimate of drug-likeness (QED) is 0.389. The minimum absolute atomic E-state index is 0.874. The fourth-order valence-electron chi connectivity index (χ4n) is 0.852. The third-order valence-electron chi connectivity index (χ3n) is 1.46. The highest BCUT2D eigenvalue weighted by atomic mass is 127. The monoisotopic (exact) mass is 240 g/mol. The minimum Gasteiger partial charge on any atom is -0.0829 e. The summed E-state index contributed by atoms with van der Waals surface area (Å²) in [4.78, 5) is 0. The van der Waals surface area contributed by atoms with Gasteiger partial charge in [-0.1, -0.05) is 62.1 Å². The Labute approximate surface area is 72.6 Å². The van der Waals surface area contributed by atoms with E-state index in [1.54, 1.807) is 0 Å². The van der Waals surface area contributed by atoms with Gasteiger partial charge in [0.15, 0.2) is 0 Å². The summed E-state index contributed by atoms with van der Waals surface area (Å²) in [6, 6.07) is 0. The molecule has 0 aromatic heterocycles. The summed E-state index contributed by atoms with van der Waals surface area (Å²) in [6.07, 6.45) is 7.04. The highest BCUT2D eigenvalue weighted by Crippen LogP contribution is 2.10. The van der Waals surface area contributed by atoms with Crippen molar-refractivity contribution in [3.05, 3.63) is 0 Å². The van der Waals surface area contributed by atoms with Crippen molar-refractivity contribution in [2.75, 3.05) is 0 Å². The Morgan fingerprint density at radius 1 is 1.22 bits per heavy atom. The van der Waals surface area contributed by atoms with E-state index in [-0.39, 0.29) is 0 Å². The van der Waals surface area contributed by atoms with E-state index in [9.17, 15) is 0 Å². The van der Waals surface area contributed by atoms with Crippen LogP contribution in [0, 0.1) is 0 Å². The average molecular weight is 240 g/mol. The molecule has 0 radical (unpaired) electrons. The molecule has 1 heteroatoms. The molecule has 0 nitrogen and oxygen atoms in total. The highest BCUT2D eigenvalue weighted by Gasteiger charge is 1.93. The number of hydrogen-bond acceptors (Lipinski definition) is 0. The first-order valence-electron chi connectivity index (χ1n) is 3.91. The van der Waals surface area contributed by atoms with Gasteiger partial charge in [0, 0.05) is 3.92 Å². The van der Waals surface area contributed by atoms with E-state index in [4.69, 9.17) is 0 Å². The zero-order chi connectivity index (χ0) is 7.11. The minimum atomic E-state index is 0.874. The van der Waals surface area contributed by atoms with Gasteiger partial charge >= 0.3 is 0 Å². The lowest BCUT2D eigenvalue weighted by atomic mass is 10.1. The van der Waals surface area contributed by atoms with Crippen LogP contribution in [0.2, 0.25) is 0 Å². The van der Waals surface area contributed by atoms with Gasteiger partial charge in [-0.3, -0.25) is 0 Å². The summed E-state index contributed by atoms with van der Waals surface area (Å²) < 4.78 is 0.874. The van der Waals surface area contributed by atoms with Crippen molar-refractivity contribution in [2.45, 2.75) is 49.9 Å². The fraction of sp³-hybridized carbons (Fsp3) is 1.00. The van der Waals surface area contributed by atoms with Crippen LogP contribution in [0.1, 0.15) is 46.0 Å². The predicted octanol–water partition coefficient (Wildman–Crippen LogP) is 3.78. The van der Waals surface area contributed by atoms with Crippen LogP contribution >= 0.6 is 22.6 Å². The van der Waals surface area contributed by atoms with Crippen molar-refractivity contribution < 1.29 is 0 Å². The van der Waals surface area contributed by atoms with Crippen LogP contribution in [0.5, 0.6) is 0 Å². The van der Waals surface area contributed by atoms with Crippen LogP contribution < -0.4 is 0 Å². The summed E-state index contributed by atoms with van der Waals surface area (Å²) >= 11 is 2.49. The molecule has 9 heavy (non-hydrogen) atoms. The molecule has 0 N–H and O–H groups in total. The normalized spacial score (nSPS) is 13.7. The molecule has 0 unspecified atom stereocenters. The lowest BCUT2D eigenvalue weighted by Crippen LogP contribution is -1.88. The van der Waals surface area contributed by atoms with Crippen molar-refractivity contribution in [1.29, 1.82) is 0 Å². The van der Waals surface area contributed by atoms with Gasteiger partial charge in [0.05, 0.1) is 0 Å². The molecule has 0 aliphatic rings. The van der Waals surface area contributed by atoms with Crippen LogP contribution in [0.4, 0.5) is 0 Å². The third-order valence-corrected chi connectivity index (χ3v) is 2.08. The maximum atomic E-state index is 2.49. The first-order valence-corrected chi connectivity index (χ1v) is 5.16. The molecule has 56 valence electrons. The Bertz CT molecular complexity index is 50.5. The van der Waals surface area contributed by atoms with Crippen molar-refractivity contribution in [3.63, 3.8) is 0 Å². The fourth-order valence-corrected chi connectivity index (χ4v) is 1.29. The van der Waals surface area contributed by atoms with Gasteiger partial charge in [-0.25, -0.2) is 0 Å². The van der Waals surface area contributed by atoms with Gasteiger partial charge in [-0.2, -0.15) is 0 Å². The molecule has 0 spiro atoms. The first kappa shape index (κ1) is 9.73. The van der Waals surface area contributed by atoms with E-state index in [0.717, 1.165) is 3.92 Å². The zero-order valence-corrected chi connectivity index (χ0v) is 8.65. The van der Waals surface area contributed by atoms with Crippen LogP contribution in [-0.2, 0) is 0 Å². The number of unbranched alkanes of at least 4 members (excludes halogenated alkanes) is 3. The molecular formula is C8H17I. The van der Waals surface area contributed by atoms with Gasteiger partial charge < -0.3 is 0 Å². The molecule has 0 bridgehead atoms. The van der Waals surface area contributed by atoms with E-state index in [1.165, 1.54) is 32.1 Å². The second-order valence-corrected chi connectivity index (χ2v) is 4.76. The summed E-state index contributed by atoms with van der Waals surface area (Å²) in [5.41, 5.74) is 0. The second kappa shape index (κ2) is 6.84. The highest BCUT2D eigenvalue weighted by molar-refractivity contribution is 14.1. The standard InChI is InChI=1S/C8H17I/c1-3-4-5-6-7-8(2)9/h8H,3-7H2,1-2H3/t8-/m0/s1. The summed E-state index contributed by atoms with van der Waals surface area (Å²) in [7, 11) is 0. The van der Waals surface area contributed by atoms with E-state index in [1.807, 2.05) is 0 Å². The number of rotatable bonds is 5. The van der Waals surface area contributed by atoms with Crippen molar-refractivity contribution in [1.82, 2.24) is 0 Å². The van der Waals surface area contributed by atoms with Gasteiger partial charge in [-0.15, -0.1) is 0 Å². The molecule has 0 amide bonds. The second-order valence-electron chi connectivity index (χ2n) is 2.63. The summed E-state index contributed by atoms with van der Waals surface area (Å²) in [6.45, 7) is 4.54. The van der Waals surface area contributed by atoms with Crippen molar-refractivity contribution >= 4 is 22.6 Å². The molecule has 1 atom stereocenters. The molecular weight excluding hydrogens is 223 g/mol. The molecule has 0 rings (SSSR count). The van der Waals surface area contributed by atoms with Crippen molar-refractivity contribution in [3.8, 4) is 0 Å². The molecule has 0 aliphatic heterocycles. The summed E-state index contributed by atoms with van der Waals surface area (Å²) in [5.74, 6) is 0. The molecule has 0 heterocycles. The van der Waals surface area contributed by atoms with Crippen LogP contribution in [0.3, 0.4) is 0 Å². The SMILES string of the molecule is CCCCCC[C@H](C)I. The number of halogens is 1. The van der Waals surface area contributed by atoms with E-state index in [0.29, 0.717) is 0 Å². The van der Waals surface area contributed by atoms with E-state index >= 15 is 0 Å². The topological polar surface area (TPSA) is 0 Å². The molecule has 0 fully saturated rings. The van der Waals surface area contributed by atoms with Gasteiger partial charge in [0.2, 0.25) is 0 Å². The number of hydrogen-bond donors (Lipinski definition) is 0. The maximum absolute atomic E-state index is 2.49. The Morgan fingerprint density at radius 3 is 2.33 bits per heavy atom. The molecule has 0 saturated heterocycles. The van der Waals surface area contributed by atoms with Crippen molar-refractivity contribution in [2.24, 2.45) is 0 Å². The first-order chi connectivity index (χ1) is 4.27. The Kier molecular flexibility index (Phi) is 7.40. The molecule has 0 aromatic carbocycles. The Balaban J connectivity index is 2.75. The Hall–Kier alpha value is 0.730. The Morgan fingerprint density at radius 2 is 1.89 bits per heavy atom. The molecule has 0 aliphatic carbocycles. The smallest absolute Gasteiger partial charge is 0.00813 e. The summed E-state index contributed by atoms with van der Waals surface area (Å²) in [5, 5.41) is 0. The van der Waals surface area contributed by atoms with E-state index in [2.05, 4.69) is 36.4 Å². The number of alkyl halides is 1. The molecule has 0 saturated carbocycles. The van der Waals surface area contributed by atoms with Crippen LogP contribution in [0.15, 0.2) is 0 Å². The maximum Gasteiger partial charge on any atom is 0.00813 e. The zero-order valence-electron chi connectivity index (χ0n) is 6.49. The largest absolute Gasteiger partial charge is 0.0829 e.